The summed E-state index contributed by atoms with van der Waals surface area (Å²) in [6, 6.07) is 5.19. The number of anilines is 1. The van der Waals surface area contributed by atoms with E-state index in [4.69, 9.17) is 0 Å². The van der Waals surface area contributed by atoms with Gasteiger partial charge in [-0.3, -0.25) is 9.59 Å². The highest BCUT2D eigenvalue weighted by Crippen LogP contribution is 2.34. The van der Waals surface area contributed by atoms with Crippen LogP contribution in [0.25, 0.3) is 0 Å². The van der Waals surface area contributed by atoms with E-state index in [-0.39, 0.29) is 24.2 Å². The molecule has 1 saturated carbocycles. The second-order valence-corrected chi connectivity index (χ2v) is 7.68. The highest BCUT2D eigenvalue weighted by molar-refractivity contribution is 5.92. The molecule has 2 amide bonds. The second kappa shape index (κ2) is 8.48. The zero-order valence-corrected chi connectivity index (χ0v) is 15.9. The van der Waals surface area contributed by atoms with Crippen molar-refractivity contribution in [2.24, 2.45) is 0 Å². The summed E-state index contributed by atoms with van der Waals surface area (Å²) in [6.07, 6.45) is -2.40. The fourth-order valence-electron chi connectivity index (χ4n) is 3.53. The third kappa shape index (κ3) is 5.45. The van der Waals surface area contributed by atoms with Crippen molar-refractivity contribution in [3.05, 3.63) is 29.8 Å². The molecule has 1 aliphatic carbocycles. The average molecular weight is 400 g/mol. The van der Waals surface area contributed by atoms with E-state index in [1.54, 1.807) is 0 Å². The molecule has 2 aliphatic rings. The molecule has 9 heteroatoms. The monoisotopic (exact) mass is 400 g/mol. The van der Waals surface area contributed by atoms with Crippen LogP contribution in [0.3, 0.4) is 0 Å². The first-order chi connectivity index (χ1) is 13.2. The minimum atomic E-state index is -4.51. The number of rotatable bonds is 6. The van der Waals surface area contributed by atoms with Crippen molar-refractivity contribution in [1.29, 1.82) is 0 Å². The van der Waals surface area contributed by atoms with Crippen molar-refractivity contribution >= 4 is 17.5 Å². The van der Waals surface area contributed by atoms with Crippen LogP contribution in [0.1, 0.15) is 25.3 Å². The molecule has 1 heterocycles. The first-order valence-electron chi connectivity index (χ1n) is 9.68. The van der Waals surface area contributed by atoms with Crippen molar-refractivity contribution in [3.8, 4) is 0 Å². The summed E-state index contributed by atoms with van der Waals surface area (Å²) >= 11 is 0. The second-order valence-electron chi connectivity index (χ2n) is 7.68. The molecule has 28 heavy (non-hydrogen) atoms. The summed E-state index contributed by atoms with van der Waals surface area (Å²) in [4.78, 5) is 26.6. The van der Waals surface area contributed by atoms with Gasteiger partial charge in [-0.2, -0.15) is 13.2 Å². The van der Waals surface area contributed by atoms with Gasteiger partial charge in [0.05, 0.1) is 11.3 Å². The highest BCUT2D eigenvalue weighted by Gasteiger charge is 2.35. The zero-order chi connectivity index (χ0) is 20.3. The smallest absolute Gasteiger partial charge is 0.348 e. The lowest BCUT2D eigenvalue weighted by Crippen LogP contribution is -3.30. The number of benzene rings is 1. The summed E-state index contributed by atoms with van der Waals surface area (Å²) in [5.41, 5.74) is -1.06. The number of carbonyl (C=O) groups is 2. The number of amides is 2. The Balaban J connectivity index is 1.47. The van der Waals surface area contributed by atoms with Crippen LogP contribution < -0.4 is 20.4 Å². The minimum Gasteiger partial charge on any atom is -0.348 e. The van der Waals surface area contributed by atoms with Gasteiger partial charge in [0.15, 0.2) is 12.6 Å². The third-order valence-electron chi connectivity index (χ3n) is 5.45. The average Bonchev–Trinajstić information content (AvgIpc) is 3.45. The van der Waals surface area contributed by atoms with Gasteiger partial charge in [0.2, 0.25) is 0 Å². The van der Waals surface area contributed by atoms with E-state index in [9.17, 15) is 22.8 Å². The normalized spacial score (nSPS) is 23.7. The topological polar surface area (TPSA) is 67.1 Å². The van der Waals surface area contributed by atoms with Crippen LogP contribution in [0, 0.1) is 0 Å². The van der Waals surface area contributed by atoms with Gasteiger partial charge in [0, 0.05) is 6.04 Å². The highest BCUT2D eigenvalue weighted by atomic mass is 19.4. The van der Waals surface area contributed by atoms with Crippen molar-refractivity contribution in [2.75, 3.05) is 38.0 Å². The molecule has 2 fully saturated rings. The molecule has 4 N–H and O–H groups in total. The summed E-state index contributed by atoms with van der Waals surface area (Å²) in [7, 11) is 0. The molecule has 6 nitrogen and oxygen atoms in total. The van der Waals surface area contributed by atoms with E-state index >= 15 is 0 Å². The maximum absolute atomic E-state index is 13.0. The van der Waals surface area contributed by atoms with Crippen molar-refractivity contribution in [2.45, 2.75) is 38.0 Å². The molecule has 0 radical (unpaired) electrons. The van der Waals surface area contributed by atoms with E-state index in [1.807, 2.05) is 6.92 Å². The van der Waals surface area contributed by atoms with Crippen LogP contribution in [0.4, 0.5) is 18.9 Å². The molecule has 1 saturated heterocycles. The molecule has 1 aliphatic heterocycles. The maximum atomic E-state index is 13.0. The van der Waals surface area contributed by atoms with Crippen molar-refractivity contribution in [3.63, 3.8) is 0 Å². The molecule has 1 aromatic rings. The number of carbonyl (C=O) groups excluding carboxylic acids is 2. The SMILES string of the molecule is C[C@@H](C(=O)NC1CC1)[NH+]1CC[NH+](CC(=O)Nc2ccccc2C(F)(F)F)CC1. The predicted molar refractivity (Wildman–Crippen MR) is 97.0 cm³/mol. The Kier molecular flexibility index (Phi) is 6.24. The Hall–Kier alpha value is -2.13. The number of alkyl halides is 3. The third-order valence-corrected chi connectivity index (χ3v) is 5.45. The number of hydrogen-bond acceptors (Lipinski definition) is 2. The summed E-state index contributed by atoms with van der Waals surface area (Å²) in [6.45, 7) is 4.93. The van der Waals surface area contributed by atoms with Crippen molar-refractivity contribution in [1.82, 2.24) is 5.32 Å². The molecule has 3 rings (SSSR count). The molecule has 0 bridgehead atoms. The number of para-hydroxylation sites is 1. The largest absolute Gasteiger partial charge is 0.418 e. The predicted octanol–water partition coefficient (Wildman–Crippen LogP) is -0.906. The number of quaternary nitrogens is 2. The van der Waals surface area contributed by atoms with Gasteiger partial charge in [0.25, 0.3) is 11.8 Å². The molecular formula is C19H27F3N4O2+2. The number of nitrogens with one attached hydrogen (secondary N) is 4. The van der Waals surface area contributed by atoms with E-state index in [1.165, 1.54) is 23.1 Å². The van der Waals surface area contributed by atoms with Gasteiger partial charge in [0.1, 0.15) is 26.2 Å². The Bertz CT molecular complexity index is 713. The van der Waals surface area contributed by atoms with E-state index in [0.717, 1.165) is 36.9 Å². The molecular weight excluding hydrogens is 373 g/mol. The molecule has 1 atom stereocenters. The Morgan fingerprint density at radius 3 is 2.39 bits per heavy atom. The van der Waals surface area contributed by atoms with Crippen LogP contribution >= 0.6 is 0 Å². The molecule has 0 aromatic heterocycles. The number of piperazine rings is 1. The molecule has 0 unspecified atom stereocenters. The fourth-order valence-corrected chi connectivity index (χ4v) is 3.53. The van der Waals surface area contributed by atoms with E-state index < -0.39 is 17.6 Å². The van der Waals surface area contributed by atoms with Crippen LogP contribution in [0.5, 0.6) is 0 Å². The van der Waals surface area contributed by atoms with Gasteiger partial charge < -0.3 is 20.4 Å². The van der Waals surface area contributed by atoms with Crippen molar-refractivity contribution < 1.29 is 32.6 Å². The van der Waals surface area contributed by atoms with Crippen LogP contribution in [0.2, 0.25) is 0 Å². The number of hydrogen-bond donors (Lipinski definition) is 4. The Morgan fingerprint density at radius 2 is 1.79 bits per heavy atom. The lowest BCUT2D eigenvalue weighted by atomic mass is 10.1. The van der Waals surface area contributed by atoms with Crippen LogP contribution in [-0.4, -0.2) is 56.6 Å². The van der Waals surface area contributed by atoms with Crippen LogP contribution in [-0.2, 0) is 15.8 Å². The lowest BCUT2D eigenvalue weighted by Gasteiger charge is -2.32. The first-order valence-corrected chi connectivity index (χ1v) is 9.68. The zero-order valence-electron chi connectivity index (χ0n) is 15.9. The maximum Gasteiger partial charge on any atom is 0.418 e. The van der Waals surface area contributed by atoms with Gasteiger partial charge in [-0.25, -0.2) is 0 Å². The number of halogens is 3. The summed E-state index contributed by atoms with van der Waals surface area (Å²) in [5, 5.41) is 5.41. The van der Waals surface area contributed by atoms with E-state index in [2.05, 4.69) is 10.6 Å². The molecule has 154 valence electrons. The fraction of sp³-hybridized carbons (Fsp3) is 0.579. The lowest BCUT2D eigenvalue weighted by molar-refractivity contribution is -1.01. The van der Waals surface area contributed by atoms with Gasteiger partial charge in [-0.15, -0.1) is 0 Å². The van der Waals surface area contributed by atoms with Gasteiger partial charge >= 0.3 is 6.18 Å². The Labute approximate surface area is 162 Å². The Morgan fingerprint density at radius 1 is 1.14 bits per heavy atom. The summed E-state index contributed by atoms with van der Waals surface area (Å²) in [5.74, 6) is -0.364. The van der Waals surface area contributed by atoms with Crippen LogP contribution in [0.15, 0.2) is 24.3 Å². The molecule has 0 spiro atoms. The van der Waals surface area contributed by atoms with Gasteiger partial charge in [-0.1, -0.05) is 12.1 Å². The quantitative estimate of drug-likeness (QED) is 0.500. The standard InChI is InChI=1S/C19H25F3N4O2/c1-13(18(28)23-14-6-7-14)26-10-8-25(9-11-26)12-17(27)24-16-5-3-2-4-15(16)19(20,21)22/h2-5,13-14H,6-12H2,1H3,(H,23,28)(H,24,27)/p+2/t13-/m0/s1. The minimum absolute atomic E-state index is 0.0717. The van der Waals surface area contributed by atoms with E-state index in [0.29, 0.717) is 19.1 Å². The first kappa shape index (κ1) is 20.6. The van der Waals surface area contributed by atoms with Gasteiger partial charge in [-0.05, 0) is 31.9 Å². The summed E-state index contributed by atoms with van der Waals surface area (Å²) < 4.78 is 39.1. The molecule has 1 aromatic carbocycles.